The van der Waals surface area contributed by atoms with E-state index in [2.05, 4.69) is 20.5 Å². The third-order valence-electron chi connectivity index (χ3n) is 5.66. The molecule has 0 bridgehead atoms. The molecular formula is C26H20N6O3S. The lowest BCUT2D eigenvalue weighted by Crippen LogP contribution is -1.98. The molecule has 5 aromatic rings. The fraction of sp³-hybridized carbons (Fsp3) is 0. The summed E-state index contributed by atoms with van der Waals surface area (Å²) in [6.07, 6.45) is 0. The van der Waals surface area contributed by atoms with Crippen molar-refractivity contribution in [2.24, 2.45) is 20.5 Å². The molecule has 0 saturated carbocycles. The van der Waals surface area contributed by atoms with Crippen molar-refractivity contribution >= 4 is 65.8 Å². The Morgan fingerprint density at radius 2 is 1.17 bits per heavy atom. The Morgan fingerprint density at radius 1 is 0.583 bits per heavy atom. The van der Waals surface area contributed by atoms with Gasteiger partial charge in [-0.25, -0.2) is 0 Å². The number of rotatable bonds is 5. The molecule has 0 atom stereocenters. The monoisotopic (exact) mass is 496 g/mol. The molecule has 0 heterocycles. The number of nitrogens with two attached hydrogens (primary N) is 2. The molecule has 0 unspecified atom stereocenters. The maximum absolute atomic E-state index is 11.8. The number of benzene rings is 5. The van der Waals surface area contributed by atoms with Crippen LogP contribution in [0.15, 0.2) is 116 Å². The van der Waals surface area contributed by atoms with E-state index in [1.54, 1.807) is 36.4 Å². The van der Waals surface area contributed by atoms with E-state index in [0.29, 0.717) is 33.5 Å². The summed E-state index contributed by atoms with van der Waals surface area (Å²) in [4.78, 5) is -0.210. The minimum Gasteiger partial charge on any atom is -0.397 e. The Labute approximate surface area is 206 Å². The second kappa shape index (κ2) is 9.17. The highest BCUT2D eigenvalue weighted by atomic mass is 32.2. The standard InChI is InChI=1S/C26H20N6O3S/c27-20-12-13-23(26(25(20)28)32-30-21-11-5-7-16-6-1-2-8-17(16)21)31-29-22-14-15-24(36(33,34)35)19-10-4-3-9-18(19)22/h1-15H,27-28H2,(H,33,34,35). The Morgan fingerprint density at radius 3 is 1.94 bits per heavy atom. The minimum absolute atomic E-state index is 0.210. The van der Waals surface area contributed by atoms with Crippen molar-refractivity contribution in [1.82, 2.24) is 0 Å². The van der Waals surface area contributed by atoms with Gasteiger partial charge < -0.3 is 11.5 Å². The zero-order chi connectivity index (χ0) is 25.3. The largest absolute Gasteiger partial charge is 0.397 e. The quantitative estimate of drug-likeness (QED) is 0.133. The van der Waals surface area contributed by atoms with E-state index in [1.165, 1.54) is 12.1 Å². The third-order valence-corrected chi connectivity index (χ3v) is 6.57. The van der Waals surface area contributed by atoms with Crippen LogP contribution in [0.25, 0.3) is 21.5 Å². The van der Waals surface area contributed by atoms with Crippen molar-refractivity contribution in [3.8, 4) is 0 Å². The lowest BCUT2D eigenvalue weighted by atomic mass is 10.1. The van der Waals surface area contributed by atoms with E-state index in [1.807, 2.05) is 42.5 Å². The van der Waals surface area contributed by atoms with Crippen LogP contribution in [0.4, 0.5) is 34.1 Å². The van der Waals surface area contributed by atoms with Crippen LogP contribution < -0.4 is 11.5 Å². The first-order valence-electron chi connectivity index (χ1n) is 10.8. The highest BCUT2D eigenvalue weighted by Crippen LogP contribution is 2.41. The Bertz CT molecular complexity index is 1790. The van der Waals surface area contributed by atoms with Crippen molar-refractivity contribution in [3.63, 3.8) is 0 Å². The maximum Gasteiger partial charge on any atom is 0.295 e. The van der Waals surface area contributed by atoms with Crippen LogP contribution in [-0.4, -0.2) is 13.0 Å². The van der Waals surface area contributed by atoms with Gasteiger partial charge in [-0.15, -0.1) is 20.5 Å². The number of nitrogens with zero attached hydrogens (tertiary/aromatic N) is 4. The first kappa shape index (κ1) is 23.1. The molecule has 10 heteroatoms. The molecule has 0 aromatic heterocycles. The van der Waals surface area contributed by atoms with Gasteiger partial charge in [-0.05, 0) is 35.7 Å². The molecule has 178 valence electrons. The molecule has 5 rings (SSSR count). The molecular weight excluding hydrogens is 476 g/mol. The van der Waals surface area contributed by atoms with E-state index < -0.39 is 10.1 Å². The van der Waals surface area contributed by atoms with Gasteiger partial charge in [0.2, 0.25) is 0 Å². The maximum atomic E-state index is 11.8. The van der Waals surface area contributed by atoms with Gasteiger partial charge in [-0.2, -0.15) is 8.42 Å². The number of hydrogen-bond acceptors (Lipinski definition) is 8. The third kappa shape index (κ3) is 4.38. The fourth-order valence-corrected chi connectivity index (χ4v) is 4.57. The van der Waals surface area contributed by atoms with Gasteiger partial charge in [0.25, 0.3) is 10.1 Å². The number of azo groups is 2. The molecule has 5 N–H and O–H groups in total. The van der Waals surface area contributed by atoms with Gasteiger partial charge in [-0.1, -0.05) is 60.7 Å². The Balaban J connectivity index is 1.59. The van der Waals surface area contributed by atoms with Gasteiger partial charge in [0.05, 0.1) is 22.7 Å². The van der Waals surface area contributed by atoms with E-state index in [4.69, 9.17) is 11.5 Å². The molecule has 36 heavy (non-hydrogen) atoms. The summed E-state index contributed by atoms with van der Waals surface area (Å²) in [5, 5.41) is 20.2. The number of anilines is 2. The summed E-state index contributed by atoms with van der Waals surface area (Å²) in [5.74, 6) is 0. The molecule has 0 aliphatic heterocycles. The van der Waals surface area contributed by atoms with Crippen LogP contribution in [0.5, 0.6) is 0 Å². The molecule has 5 aromatic carbocycles. The van der Waals surface area contributed by atoms with E-state index in [-0.39, 0.29) is 16.3 Å². The SMILES string of the molecule is Nc1ccc(N=Nc2ccc(S(=O)(=O)O)c3ccccc23)c(N=Nc2cccc3ccccc23)c1N. The first-order chi connectivity index (χ1) is 17.3. The molecule has 0 aliphatic carbocycles. The number of nitrogen functional groups attached to an aromatic ring is 2. The van der Waals surface area contributed by atoms with Gasteiger partial charge in [-0.3, -0.25) is 4.55 Å². The second-order valence-corrected chi connectivity index (χ2v) is 9.33. The zero-order valence-electron chi connectivity index (χ0n) is 18.8. The van der Waals surface area contributed by atoms with E-state index >= 15 is 0 Å². The van der Waals surface area contributed by atoms with Crippen LogP contribution in [0.1, 0.15) is 0 Å². The van der Waals surface area contributed by atoms with Gasteiger partial charge in [0, 0.05) is 16.2 Å². The number of fused-ring (bicyclic) bond motifs is 2. The van der Waals surface area contributed by atoms with Gasteiger partial charge >= 0.3 is 0 Å². The molecule has 9 nitrogen and oxygen atoms in total. The summed E-state index contributed by atoms with van der Waals surface area (Å²) in [6.45, 7) is 0. The highest BCUT2D eigenvalue weighted by molar-refractivity contribution is 7.86. The summed E-state index contributed by atoms with van der Waals surface area (Å²) in [5.41, 5.74) is 14.4. The number of hydrogen-bond donors (Lipinski definition) is 3. The molecule has 0 fully saturated rings. The summed E-state index contributed by atoms with van der Waals surface area (Å²) < 4.78 is 33.1. The normalized spacial score (nSPS) is 12.2. The van der Waals surface area contributed by atoms with Crippen LogP contribution in [-0.2, 0) is 10.1 Å². The summed E-state index contributed by atoms with van der Waals surface area (Å²) in [7, 11) is -4.41. The van der Waals surface area contributed by atoms with Crippen LogP contribution in [0.2, 0.25) is 0 Å². The van der Waals surface area contributed by atoms with Crippen molar-refractivity contribution in [2.75, 3.05) is 11.5 Å². The van der Waals surface area contributed by atoms with Gasteiger partial charge in [0.15, 0.2) is 0 Å². The summed E-state index contributed by atoms with van der Waals surface area (Å²) >= 11 is 0. The van der Waals surface area contributed by atoms with Crippen LogP contribution >= 0.6 is 0 Å². The molecule has 0 saturated heterocycles. The van der Waals surface area contributed by atoms with Crippen molar-refractivity contribution < 1.29 is 13.0 Å². The van der Waals surface area contributed by atoms with Crippen LogP contribution in [0, 0.1) is 0 Å². The molecule has 0 spiro atoms. The topological polar surface area (TPSA) is 156 Å². The zero-order valence-corrected chi connectivity index (χ0v) is 19.6. The molecule has 0 aliphatic rings. The summed E-state index contributed by atoms with van der Waals surface area (Å²) in [6, 6.07) is 26.2. The second-order valence-electron chi connectivity index (χ2n) is 7.94. The van der Waals surface area contributed by atoms with Crippen molar-refractivity contribution in [3.05, 3.63) is 91.0 Å². The smallest absolute Gasteiger partial charge is 0.295 e. The highest BCUT2D eigenvalue weighted by Gasteiger charge is 2.16. The van der Waals surface area contributed by atoms with E-state index in [0.717, 1.165) is 10.8 Å². The van der Waals surface area contributed by atoms with Crippen molar-refractivity contribution in [2.45, 2.75) is 4.90 Å². The molecule has 0 radical (unpaired) electrons. The lowest BCUT2D eigenvalue weighted by molar-refractivity contribution is 0.484. The lowest BCUT2D eigenvalue weighted by Gasteiger charge is -2.08. The molecule has 0 amide bonds. The Kier molecular flexibility index (Phi) is 5.88. The van der Waals surface area contributed by atoms with Gasteiger partial charge in [0.1, 0.15) is 16.3 Å². The average Bonchev–Trinajstić information content (AvgIpc) is 2.88. The predicted molar refractivity (Wildman–Crippen MR) is 141 cm³/mol. The van der Waals surface area contributed by atoms with Crippen LogP contribution in [0.3, 0.4) is 0 Å². The van der Waals surface area contributed by atoms with E-state index in [9.17, 15) is 13.0 Å². The first-order valence-corrected chi connectivity index (χ1v) is 12.3. The average molecular weight is 497 g/mol. The van der Waals surface area contributed by atoms with Crippen molar-refractivity contribution in [1.29, 1.82) is 0 Å². The predicted octanol–water partition coefficient (Wildman–Crippen LogP) is 7.23. The Hall–Kier alpha value is -4.67. The minimum atomic E-state index is -4.41. The fourth-order valence-electron chi connectivity index (χ4n) is 3.87.